The molecule has 33 aromatic rings. The Kier molecular flexibility index (Phi) is 18.3. The Morgan fingerprint density at radius 2 is 0.469 bits per heavy atom. The molecule has 684 valence electrons. The third-order valence-electron chi connectivity index (χ3n) is 30.9. The van der Waals surface area contributed by atoms with Crippen LogP contribution >= 0.6 is 11.3 Å². The number of hydrogen-bond acceptors (Lipinski definition) is 3. The highest BCUT2D eigenvalue weighted by Crippen LogP contribution is 2.51. The first-order valence-corrected chi connectivity index (χ1v) is 51.1. The third kappa shape index (κ3) is 12.6. The highest BCUT2D eigenvalue weighted by molar-refractivity contribution is 7.26. The van der Waals surface area contributed by atoms with Crippen LogP contribution in [0.2, 0.25) is 0 Å². The number of rotatable bonds is 9. The maximum Gasteiger partial charge on any atom is 0.136 e. The van der Waals surface area contributed by atoms with E-state index in [0.717, 1.165) is 83.6 Å². The quantitative estimate of drug-likeness (QED) is 0.145. The molecule has 8 nitrogen and oxygen atoms in total. The maximum atomic E-state index is 6.27. The fraction of sp³-hybridized carbons (Fsp3) is 0. The van der Waals surface area contributed by atoms with E-state index in [-0.39, 0.29) is 0 Å². The molecule has 0 saturated heterocycles. The molecule has 9 heterocycles. The van der Waals surface area contributed by atoms with E-state index >= 15 is 0 Å². The summed E-state index contributed by atoms with van der Waals surface area (Å²) >= 11 is 1.87. The van der Waals surface area contributed by atoms with Crippen LogP contribution < -0.4 is 0 Å². The van der Waals surface area contributed by atoms with E-state index in [4.69, 9.17) is 8.83 Å². The fourth-order valence-electron chi connectivity index (χ4n) is 24.6. The van der Waals surface area contributed by atoms with E-state index in [1.807, 2.05) is 35.6 Å². The first kappa shape index (κ1) is 82.4. The summed E-state index contributed by atoms with van der Waals surface area (Å²) in [7, 11) is 0. The van der Waals surface area contributed by atoms with Crippen molar-refractivity contribution in [1.29, 1.82) is 0 Å². The Morgan fingerprint density at radius 1 is 0.143 bits per heavy atom. The van der Waals surface area contributed by atoms with Crippen molar-refractivity contribution in [2.24, 2.45) is 0 Å². The van der Waals surface area contributed by atoms with Crippen molar-refractivity contribution in [3.05, 3.63) is 510 Å². The smallest absolute Gasteiger partial charge is 0.136 e. The SMILES string of the molecule is c1ccc(-n2c3cc4c(cc3c3c5ccccc5ccc32)c2ccccc2n4-c2ccc(-c3cccc4oc5ccccc5c34)cc2)cc1.c1ccc(-n2c3cc4c(cc3c3c5ccccc5ccc32)c2ccccc2n4-c2cccc(-c3cccc4sc5ccccc5c34)c2)cc1.c1ccc(-n2c3cc4c(cc3c3ccc5ccccc5c32)c2ccccc2n4-c2cccc(-c3cccc4oc5ccccc5c34)c2)cc1. The Bertz CT molecular complexity index is 11100. The molecule has 24 aromatic carbocycles. The van der Waals surface area contributed by atoms with Crippen LogP contribution in [0.4, 0.5) is 0 Å². The van der Waals surface area contributed by atoms with Crippen LogP contribution in [0.5, 0.6) is 0 Å². The summed E-state index contributed by atoms with van der Waals surface area (Å²) in [5.41, 5.74) is 32.2. The van der Waals surface area contributed by atoms with E-state index in [2.05, 4.69) is 513 Å². The molecule has 0 fully saturated rings. The van der Waals surface area contributed by atoms with Crippen molar-refractivity contribution < 1.29 is 8.83 Å². The Labute approximate surface area is 845 Å². The van der Waals surface area contributed by atoms with Gasteiger partial charge in [0.15, 0.2) is 0 Å². The molecule has 33 rings (SSSR count). The largest absolute Gasteiger partial charge is 0.456 e. The van der Waals surface area contributed by atoms with Crippen molar-refractivity contribution in [3.8, 4) is 67.5 Å². The zero-order chi connectivity index (χ0) is 96.2. The van der Waals surface area contributed by atoms with Gasteiger partial charge in [-0.3, -0.25) is 0 Å². The van der Waals surface area contributed by atoms with Crippen LogP contribution in [0.15, 0.2) is 518 Å². The summed E-state index contributed by atoms with van der Waals surface area (Å²) in [5.74, 6) is 0. The zero-order valence-corrected chi connectivity index (χ0v) is 80.2. The average molecular weight is 1890 g/mol. The standard InChI is InChI=1S/2C46H28N2O.C46H28N2S/c1-2-14-31(15-3-1)48-42-28-41-38(27-39(42)36-25-24-29-12-4-5-17-34(29)46(36)48)35-18-6-8-21-40(35)47(41)32-16-10-13-30(26-32)33-20-11-23-44-45(33)37-19-7-9-22-43(37)49-44;1-2-12-31(13-3-1)48-40-26-23-29-11-4-5-14-33(29)45(40)38-27-37-35-15-6-8-18-39(35)47(41(37)28-42(38)48)32-24-21-30(22-25-32)34-17-10-20-44-46(34)36-16-7-9-19-43(36)49-44;1-2-14-31(15-3-1)47-40-25-24-29-12-4-5-17-33(29)45(40)38-27-37-35-18-6-8-21-39(35)48(41(37)28-42(38)47)32-16-10-13-30(26-32)34-20-11-23-44-46(34)36-19-7-9-22-43(36)49-44/h3*1-28H. The van der Waals surface area contributed by atoms with E-state index in [1.54, 1.807) is 0 Å². The number of benzene rings is 24. The first-order chi connectivity index (χ1) is 72.9. The summed E-state index contributed by atoms with van der Waals surface area (Å²) in [6, 6.07) is 185. The number of fused-ring (bicyclic) bond motifs is 33. The summed E-state index contributed by atoms with van der Waals surface area (Å²) in [4.78, 5) is 0. The van der Waals surface area contributed by atoms with Gasteiger partial charge in [0.1, 0.15) is 22.3 Å². The molecule has 147 heavy (non-hydrogen) atoms. The molecule has 0 N–H and O–H groups in total. The summed E-state index contributed by atoms with van der Waals surface area (Å²) < 4.78 is 29.8. The molecule has 0 spiro atoms. The first-order valence-electron chi connectivity index (χ1n) is 50.3. The third-order valence-corrected chi connectivity index (χ3v) is 32.0. The van der Waals surface area contributed by atoms with Gasteiger partial charge in [0.25, 0.3) is 0 Å². The molecule has 0 aliphatic heterocycles. The summed E-state index contributed by atoms with van der Waals surface area (Å²) in [5, 5.41) is 30.0. The van der Waals surface area contributed by atoms with Crippen molar-refractivity contribution in [1.82, 2.24) is 27.4 Å². The fourth-order valence-corrected chi connectivity index (χ4v) is 25.7. The molecular formula is C138H84N6O2S. The van der Waals surface area contributed by atoms with Gasteiger partial charge in [-0.2, -0.15) is 0 Å². The topological polar surface area (TPSA) is 55.9 Å². The number of para-hydroxylation sites is 8. The van der Waals surface area contributed by atoms with E-state index < -0.39 is 0 Å². The Balaban J connectivity index is 0.0000000999. The van der Waals surface area contributed by atoms with Gasteiger partial charge < -0.3 is 36.2 Å². The average Bonchev–Trinajstić information content (AvgIpc) is 1.55. The van der Waals surface area contributed by atoms with E-state index in [9.17, 15) is 0 Å². The number of furan rings is 2. The lowest BCUT2D eigenvalue weighted by Crippen LogP contribution is -1.96. The number of aromatic nitrogens is 6. The van der Waals surface area contributed by atoms with Gasteiger partial charge in [-0.25, -0.2) is 0 Å². The van der Waals surface area contributed by atoms with Crippen LogP contribution in [0.1, 0.15) is 0 Å². The molecule has 0 radical (unpaired) electrons. The minimum Gasteiger partial charge on any atom is -0.456 e. The number of hydrogen-bond donors (Lipinski definition) is 0. The molecule has 0 atom stereocenters. The van der Waals surface area contributed by atoms with Crippen LogP contribution in [0.3, 0.4) is 0 Å². The second kappa shape index (κ2) is 32.6. The zero-order valence-electron chi connectivity index (χ0n) is 79.4. The van der Waals surface area contributed by atoms with Gasteiger partial charge in [0.05, 0.1) is 66.2 Å². The van der Waals surface area contributed by atoms with Gasteiger partial charge in [0, 0.05) is 146 Å². The molecule has 0 bridgehead atoms. The molecule has 0 unspecified atom stereocenters. The van der Waals surface area contributed by atoms with Gasteiger partial charge in [-0.1, -0.05) is 334 Å². The van der Waals surface area contributed by atoms with Gasteiger partial charge in [-0.15, -0.1) is 11.3 Å². The van der Waals surface area contributed by atoms with Gasteiger partial charge in [-0.05, 0) is 236 Å². The van der Waals surface area contributed by atoms with E-state index in [0.29, 0.717) is 0 Å². The van der Waals surface area contributed by atoms with Crippen LogP contribution in [0, 0.1) is 0 Å². The predicted molar refractivity (Wildman–Crippen MR) is 622 cm³/mol. The molecule has 0 saturated carbocycles. The molecular weight excluding hydrogens is 1810 g/mol. The lowest BCUT2D eigenvalue weighted by atomic mass is 9.99. The molecule has 0 amide bonds. The van der Waals surface area contributed by atoms with Crippen molar-refractivity contribution >= 4 is 239 Å². The second-order valence-electron chi connectivity index (χ2n) is 38.8. The van der Waals surface area contributed by atoms with Crippen LogP contribution in [-0.2, 0) is 0 Å². The van der Waals surface area contributed by atoms with Gasteiger partial charge in [0.2, 0.25) is 0 Å². The summed E-state index contributed by atoms with van der Waals surface area (Å²) in [6.45, 7) is 0. The highest BCUT2D eigenvalue weighted by Gasteiger charge is 2.28. The second-order valence-corrected chi connectivity index (χ2v) is 39.8. The van der Waals surface area contributed by atoms with Crippen molar-refractivity contribution in [3.63, 3.8) is 0 Å². The van der Waals surface area contributed by atoms with Crippen LogP contribution in [-0.4, -0.2) is 27.4 Å². The minimum absolute atomic E-state index is 0.907. The minimum atomic E-state index is 0.907. The molecule has 9 aromatic heterocycles. The van der Waals surface area contributed by atoms with Crippen molar-refractivity contribution in [2.45, 2.75) is 0 Å². The van der Waals surface area contributed by atoms with Crippen molar-refractivity contribution in [2.75, 3.05) is 0 Å². The summed E-state index contributed by atoms with van der Waals surface area (Å²) in [6.07, 6.45) is 0. The molecule has 0 aliphatic carbocycles. The van der Waals surface area contributed by atoms with E-state index in [1.165, 1.54) is 211 Å². The van der Waals surface area contributed by atoms with Gasteiger partial charge >= 0.3 is 0 Å². The lowest BCUT2D eigenvalue weighted by Gasteiger charge is -2.12. The Hall–Kier alpha value is -19.3. The van der Waals surface area contributed by atoms with Crippen LogP contribution in [0.25, 0.3) is 295 Å². The monoisotopic (exact) mass is 1890 g/mol. The highest BCUT2D eigenvalue weighted by atomic mass is 32.1. The normalized spacial score (nSPS) is 12.1. The predicted octanol–water partition coefficient (Wildman–Crippen LogP) is 38.3. The molecule has 9 heteroatoms. The lowest BCUT2D eigenvalue weighted by molar-refractivity contribution is 0.668. The number of nitrogens with zero attached hydrogens (tertiary/aromatic N) is 6. The number of thiophene rings is 1. The maximum absolute atomic E-state index is 6.27. The Morgan fingerprint density at radius 3 is 0.973 bits per heavy atom. The molecule has 0 aliphatic rings.